The van der Waals surface area contributed by atoms with Gasteiger partial charge in [-0.15, -0.1) is 0 Å². The van der Waals surface area contributed by atoms with Crippen molar-refractivity contribution in [1.82, 2.24) is 4.90 Å². The van der Waals surface area contributed by atoms with Crippen LogP contribution in [0.3, 0.4) is 0 Å². The van der Waals surface area contributed by atoms with Crippen molar-refractivity contribution in [2.45, 2.75) is 32.6 Å². The van der Waals surface area contributed by atoms with Crippen molar-refractivity contribution in [3.8, 4) is 17.6 Å². The minimum absolute atomic E-state index is 0.444. The molecule has 1 heterocycles. The van der Waals surface area contributed by atoms with Crippen molar-refractivity contribution in [1.29, 1.82) is 5.26 Å². The Hall–Kier alpha value is -3.72. The van der Waals surface area contributed by atoms with Crippen molar-refractivity contribution in [3.63, 3.8) is 0 Å². The molecule has 0 aromatic heterocycles. The van der Waals surface area contributed by atoms with E-state index >= 15 is 0 Å². The van der Waals surface area contributed by atoms with Crippen LogP contribution in [-0.2, 0) is 16.0 Å². The molecule has 6 nitrogen and oxygen atoms in total. The van der Waals surface area contributed by atoms with Crippen LogP contribution in [0.4, 0.5) is 0 Å². The maximum atomic E-state index is 13.0. The molecule has 0 amide bonds. The zero-order valence-corrected chi connectivity index (χ0v) is 19.8. The van der Waals surface area contributed by atoms with Crippen molar-refractivity contribution in [2.24, 2.45) is 0 Å². The summed E-state index contributed by atoms with van der Waals surface area (Å²) in [6, 6.07) is 18.1. The van der Waals surface area contributed by atoms with E-state index in [2.05, 4.69) is 23.1 Å². The van der Waals surface area contributed by atoms with Gasteiger partial charge >= 0.3 is 5.97 Å². The molecule has 0 saturated heterocycles. The molecule has 0 saturated carbocycles. The number of hydrogen-bond donors (Lipinski definition) is 0. The van der Waals surface area contributed by atoms with Gasteiger partial charge in [0.1, 0.15) is 0 Å². The summed E-state index contributed by atoms with van der Waals surface area (Å²) in [6.07, 6.45) is 1.79. The Labute approximate surface area is 195 Å². The molecule has 3 rings (SSSR count). The van der Waals surface area contributed by atoms with Gasteiger partial charge in [0.2, 0.25) is 0 Å². The highest BCUT2D eigenvalue weighted by Crippen LogP contribution is 2.44. The average molecular weight is 447 g/mol. The normalized spacial score (nSPS) is 15.9. The second kappa shape index (κ2) is 10.7. The van der Waals surface area contributed by atoms with E-state index in [1.54, 1.807) is 20.3 Å². The molecule has 33 heavy (non-hydrogen) atoms. The zero-order valence-electron chi connectivity index (χ0n) is 19.8. The van der Waals surface area contributed by atoms with Gasteiger partial charge < -0.3 is 19.1 Å². The number of esters is 1. The van der Waals surface area contributed by atoms with Gasteiger partial charge in [0.05, 0.1) is 44.5 Å². The van der Waals surface area contributed by atoms with Crippen LogP contribution in [0.1, 0.15) is 37.3 Å². The molecule has 1 aliphatic rings. The van der Waals surface area contributed by atoms with Gasteiger partial charge in [-0.2, -0.15) is 5.26 Å². The number of rotatable bonds is 8. The summed E-state index contributed by atoms with van der Waals surface area (Å²) in [5, 5.41) is 10.1. The van der Waals surface area contributed by atoms with Crippen molar-refractivity contribution in [3.05, 3.63) is 82.2 Å². The minimum Gasteiger partial charge on any atom is -0.493 e. The van der Waals surface area contributed by atoms with E-state index in [1.807, 2.05) is 44.2 Å². The number of carbonyl (C=O) groups excluding carboxylic acids is 1. The molecule has 0 spiro atoms. The fourth-order valence-electron chi connectivity index (χ4n) is 4.41. The first-order chi connectivity index (χ1) is 16.0. The SMILES string of the molecule is COC(=O)C1=C(C)N(CCCc2ccccc2)C(C)=C(C#N)C1c1ccc(OC)c(OC)c1. The van der Waals surface area contributed by atoms with Crippen molar-refractivity contribution in [2.75, 3.05) is 27.9 Å². The number of hydrogen-bond acceptors (Lipinski definition) is 6. The van der Waals surface area contributed by atoms with Gasteiger partial charge in [0, 0.05) is 17.9 Å². The van der Waals surface area contributed by atoms with E-state index < -0.39 is 11.9 Å². The molecule has 0 bridgehead atoms. The molecule has 2 aromatic carbocycles. The fraction of sp³-hybridized carbons (Fsp3) is 0.333. The van der Waals surface area contributed by atoms with Crippen LogP contribution < -0.4 is 9.47 Å². The summed E-state index contributed by atoms with van der Waals surface area (Å²) in [4.78, 5) is 15.0. The van der Waals surface area contributed by atoms with Gasteiger partial charge in [0.25, 0.3) is 0 Å². The summed E-state index contributed by atoms with van der Waals surface area (Å²) >= 11 is 0. The van der Waals surface area contributed by atoms with E-state index in [1.165, 1.54) is 12.7 Å². The summed E-state index contributed by atoms with van der Waals surface area (Å²) in [7, 11) is 4.50. The first-order valence-electron chi connectivity index (χ1n) is 10.9. The molecule has 172 valence electrons. The highest BCUT2D eigenvalue weighted by molar-refractivity contribution is 5.93. The summed E-state index contributed by atoms with van der Waals surface area (Å²) in [6.45, 7) is 4.55. The number of allylic oxidation sites excluding steroid dienone is 3. The second-order valence-corrected chi connectivity index (χ2v) is 7.89. The van der Waals surface area contributed by atoms with E-state index in [9.17, 15) is 10.1 Å². The highest BCUT2D eigenvalue weighted by atomic mass is 16.5. The lowest BCUT2D eigenvalue weighted by Crippen LogP contribution is -2.33. The number of ether oxygens (including phenoxy) is 3. The molecule has 1 aliphatic heterocycles. The number of carbonyl (C=O) groups is 1. The first-order valence-corrected chi connectivity index (χ1v) is 10.9. The molecule has 6 heteroatoms. The number of nitrogens with zero attached hydrogens (tertiary/aromatic N) is 2. The van der Waals surface area contributed by atoms with E-state index in [0.717, 1.165) is 29.8 Å². The Morgan fingerprint density at radius 3 is 2.30 bits per heavy atom. The zero-order chi connectivity index (χ0) is 24.0. The predicted octanol–water partition coefficient (Wildman–Crippen LogP) is 4.98. The van der Waals surface area contributed by atoms with Crippen LogP contribution in [0.25, 0.3) is 0 Å². The standard InChI is InChI=1S/C27H30N2O4/c1-18-22(17-28)26(21-13-14-23(31-3)24(16-21)32-4)25(27(30)33-5)19(2)29(18)15-9-12-20-10-7-6-8-11-20/h6-8,10-11,13-14,16,26H,9,12,15H2,1-5H3. The topological polar surface area (TPSA) is 71.8 Å². The van der Waals surface area contributed by atoms with Gasteiger partial charge in [-0.25, -0.2) is 4.79 Å². The Kier molecular flexibility index (Phi) is 7.78. The predicted molar refractivity (Wildman–Crippen MR) is 127 cm³/mol. The molecule has 0 fully saturated rings. The molecule has 2 aromatic rings. The number of nitriles is 1. The smallest absolute Gasteiger partial charge is 0.336 e. The van der Waals surface area contributed by atoms with Crippen LogP contribution in [0.5, 0.6) is 11.5 Å². The summed E-state index contributed by atoms with van der Waals surface area (Å²) in [5.41, 5.74) is 4.66. The van der Waals surface area contributed by atoms with E-state index in [-0.39, 0.29) is 0 Å². The van der Waals surface area contributed by atoms with Crippen LogP contribution in [0.2, 0.25) is 0 Å². The van der Waals surface area contributed by atoms with Gasteiger partial charge in [-0.3, -0.25) is 0 Å². The largest absolute Gasteiger partial charge is 0.493 e. The maximum absolute atomic E-state index is 13.0. The van der Waals surface area contributed by atoms with Crippen LogP contribution in [-0.4, -0.2) is 38.7 Å². The van der Waals surface area contributed by atoms with Crippen LogP contribution >= 0.6 is 0 Å². The monoisotopic (exact) mass is 446 g/mol. The van der Waals surface area contributed by atoms with Crippen LogP contribution in [0, 0.1) is 11.3 Å². The van der Waals surface area contributed by atoms with Crippen LogP contribution in [0.15, 0.2) is 71.1 Å². The number of benzene rings is 2. The minimum atomic E-state index is -0.548. The third-order valence-electron chi connectivity index (χ3n) is 6.12. The number of methoxy groups -OCH3 is 3. The Morgan fingerprint density at radius 2 is 1.70 bits per heavy atom. The maximum Gasteiger partial charge on any atom is 0.336 e. The van der Waals surface area contributed by atoms with E-state index in [4.69, 9.17) is 14.2 Å². The third kappa shape index (κ3) is 4.88. The highest BCUT2D eigenvalue weighted by Gasteiger charge is 2.37. The fourth-order valence-corrected chi connectivity index (χ4v) is 4.41. The molecule has 0 radical (unpaired) electrons. The molecule has 0 N–H and O–H groups in total. The van der Waals surface area contributed by atoms with Crippen molar-refractivity contribution >= 4 is 5.97 Å². The molecule has 1 unspecified atom stereocenters. The lowest BCUT2D eigenvalue weighted by atomic mass is 9.80. The number of aryl methyl sites for hydroxylation is 1. The average Bonchev–Trinajstić information content (AvgIpc) is 2.85. The third-order valence-corrected chi connectivity index (χ3v) is 6.12. The van der Waals surface area contributed by atoms with E-state index in [0.29, 0.717) is 29.2 Å². The van der Waals surface area contributed by atoms with Gasteiger partial charge in [-0.05, 0) is 49.9 Å². The molecule has 0 aliphatic carbocycles. The Bertz CT molecular complexity index is 1110. The Morgan fingerprint density at radius 1 is 1.00 bits per heavy atom. The lowest BCUT2D eigenvalue weighted by Gasteiger charge is -2.37. The summed E-state index contributed by atoms with van der Waals surface area (Å²) < 4.78 is 16.0. The molecule has 1 atom stereocenters. The second-order valence-electron chi connectivity index (χ2n) is 7.89. The molecular weight excluding hydrogens is 416 g/mol. The lowest BCUT2D eigenvalue weighted by molar-refractivity contribution is -0.136. The quantitative estimate of drug-likeness (QED) is 0.533. The molecular formula is C27H30N2O4. The van der Waals surface area contributed by atoms with Crippen molar-refractivity contribution < 1.29 is 19.0 Å². The van der Waals surface area contributed by atoms with Gasteiger partial charge in [0.15, 0.2) is 11.5 Å². The Balaban J connectivity index is 2.02. The first kappa shape index (κ1) is 23.9. The van der Waals surface area contributed by atoms with Gasteiger partial charge in [-0.1, -0.05) is 36.4 Å². The summed E-state index contributed by atoms with van der Waals surface area (Å²) in [5.74, 6) is 0.129.